The van der Waals surface area contributed by atoms with E-state index < -0.39 is 0 Å². The Balaban J connectivity index is 2.00. The van der Waals surface area contributed by atoms with E-state index in [9.17, 15) is 4.79 Å². The second-order valence-corrected chi connectivity index (χ2v) is 3.66. The largest absolute Gasteiger partial charge is 0.493 e. The lowest BCUT2D eigenvalue weighted by Crippen LogP contribution is -2.28. The van der Waals surface area contributed by atoms with Gasteiger partial charge >= 0.3 is 0 Å². The Morgan fingerprint density at radius 2 is 1.94 bits per heavy atom. The lowest BCUT2D eigenvalue weighted by Gasteiger charge is -2.07. The van der Waals surface area contributed by atoms with Gasteiger partial charge in [-0.25, -0.2) is 0 Å². The van der Waals surface area contributed by atoms with E-state index in [2.05, 4.69) is 5.32 Å². The van der Waals surface area contributed by atoms with Crippen LogP contribution in [0.25, 0.3) is 0 Å². The van der Waals surface area contributed by atoms with Crippen LogP contribution in [-0.4, -0.2) is 38.8 Å². The van der Waals surface area contributed by atoms with Crippen LogP contribution >= 0.6 is 0 Å². The first kappa shape index (κ1) is 14.5. The maximum Gasteiger partial charge on any atom is 0.223 e. The van der Waals surface area contributed by atoms with E-state index in [0.717, 1.165) is 5.75 Å². The van der Waals surface area contributed by atoms with Crippen LogP contribution in [-0.2, 0) is 9.53 Å². The Kier molecular flexibility index (Phi) is 7.59. The van der Waals surface area contributed by atoms with Gasteiger partial charge in [0.15, 0.2) is 0 Å². The summed E-state index contributed by atoms with van der Waals surface area (Å²) in [4.78, 5) is 11.4. The summed E-state index contributed by atoms with van der Waals surface area (Å²) in [5, 5.41) is 2.74. The van der Waals surface area contributed by atoms with Crippen molar-refractivity contribution in [2.75, 3.05) is 32.9 Å². The summed E-state index contributed by atoms with van der Waals surface area (Å²) in [6.07, 6.45) is 0.339. The van der Waals surface area contributed by atoms with Crippen LogP contribution in [0.15, 0.2) is 30.3 Å². The molecule has 3 N–H and O–H groups in total. The summed E-state index contributed by atoms with van der Waals surface area (Å²) in [6, 6.07) is 9.42. The highest BCUT2D eigenvalue weighted by molar-refractivity contribution is 5.75. The third-order valence-corrected chi connectivity index (χ3v) is 2.17. The van der Waals surface area contributed by atoms with Crippen molar-refractivity contribution in [2.24, 2.45) is 5.73 Å². The molecule has 0 saturated carbocycles. The molecular formula is C13H20N2O3. The van der Waals surface area contributed by atoms with E-state index in [4.69, 9.17) is 15.2 Å². The van der Waals surface area contributed by atoms with Gasteiger partial charge in [-0.05, 0) is 12.1 Å². The Hall–Kier alpha value is -1.59. The molecule has 18 heavy (non-hydrogen) atoms. The fraction of sp³-hybridized carbons (Fsp3) is 0.462. The first-order valence-corrected chi connectivity index (χ1v) is 6.05. The lowest BCUT2D eigenvalue weighted by molar-refractivity contribution is -0.121. The van der Waals surface area contributed by atoms with Gasteiger partial charge < -0.3 is 20.5 Å². The van der Waals surface area contributed by atoms with Crippen LogP contribution in [0.5, 0.6) is 5.75 Å². The molecule has 5 heteroatoms. The van der Waals surface area contributed by atoms with E-state index >= 15 is 0 Å². The zero-order valence-corrected chi connectivity index (χ0v) is 10.4. The fourth-order valence-electron chi connectivity index (χ4n) is 1.31. The third kappa shape index (κ3) is 6.88. The Labute approximate surface area is 107 Å². The van der Waals surface area contributed by atoms with Crippen LogP contribution in [0.3, 0.4) is 0 Å². The van der Waals surface area contributed by atoms with Crippen molar-refractivity contribution in [3.63, 3.8) is 0 Å². The molecular weight excluding hydrogens is 232 g/mol. The number of hydrogen-bond donors (Lipinski definition) is 2. The molecule has 0 bridgehead atoms. The molecule has 100 valence electrons. The first-order chi connectivity index (χ1) is 8.83. The van der Waals surface area contributed by atoms with Crippen molar-refractivity contribution < 1.29 is 14.3 Å². The van der Waals surface area contributed by atoms with Gasteiger partial charge in [0.25, 0.3) is 0 Å². The molecule has 0 spiro atoms. The molecule has 1 aromatic rings. The van der Waals surface area contributed by atoms with Crippen molar-refractivity contribution in [1.29, 1.82) is 0 Å². The van der Waals surface area contributed by atoms with Gasteiger partial charge in [-0.1, -0.05) is 18.2 Å². The second kappa shape index (κ2) is 9.44. The number of benzene rings is 1. The topological polar surface area (TPSA) is 73.6 Å². The van der Waals surface area contributed by atoms with Gasteiger partial charge in [0.1, 0.15) is 5.75 Å². The van der Waals surface area contributed by atoms with E-state index in [1.807, 2.05) is 30.3 Å². The SMILES string of the molecule is NCCOCCNC(=O)CCOc1ccccc1. The Morgan fingerprint density at radius 3 is 2.67 bits per heavy atom. The molecule has 0 aliphatic heterocycles. The number of hydrogen-bond acceptors (Lipinski definition) is 4. The molecule has 1 aromatic carbocycles. The molecule has 0 aliphatic carbocycles. The molecule has 0 saturated heterocycles. The van der Waals surface area contributed by atoms with E-state index in [1.54, 1.807) is 0 Å². The standard InChI is InChI=1S/C13H20N2O3/c14-7-10-17-11-8-15-13(16)6-9-18-12-4-2-1-3-5-12/h1-5H,6-11,14H2,(H,15,16). The number of carbonyl (C=O) groups is 1. The predicted molar refractivity (Wildman–Crippen MR) is 69.4 cm³/mol. The van der Waals surface area contributed by atoms with E-state index in [0.29, 0.717) is 39.3 Å². The average Bonchev–Trinajstić information content (AvgIpc) is 2.40. The quantitative estimate of drug-likeness (QED) is 0.629. The zero-order valence-electron chi connectivity index (χ0n) is 10.4. The van der Waals surface area contributed by atoms with Crippen molar-refractivity contribution in [1.82, 2.24) is 5.32 Å². The minimum Gasteiger partial charge on any atom is -0.493 e. The van der Waals surface area contributed by atoms with Crippen LogP contribution < -0.4 is 15.8 Å². The number of para-hydroxylation sites is 1. The van der Waals surface area contributed by atoms with Crippen LogP contribution in [0.4, 0.5) is 0 Å². The molecule has 1 amide bonds. The van der Waals surface area contributed by atoms with E-state index in [-0.39, 0.29) is 5.91 Å². The van der Waals surface area contributed by atoms with Crippen LogP contribution in [0.1, 0.15) is 6.42 Å². The van der Waals surface area contributed by atoms with Gasteiger partial charge in [0.2, 0.25) is 5.91 Å². The highest BCUT2D eigenvalue weighted by Gasteiger charge is 2.01. The maximum absolute atomic E-state index is 11.4. The Bertz CT molecular complexity index is 330. The van der Waals surface area contributed by atoms with Gasteiger partial charge in [-0.2, -0.15) is 0 Å². The summed E-state index contributed by atoms with van der Waals surface area (Å²) in [5.74, 6) is 0.735. The number of carbonyl (C=O) groups excluding carboxylic acids is 1. The molecule has 0 radical (unpaired) electrons. The summed E-state index contributed by atoms with van der Waals surface area (Å²) in [7, 11) is 0. The van der Waals surface area contributed by atoms with E-state index in [1.165, 1.54) is 0 Å². The van der Waals surface area contributed by atoms with Gasteiger partial charge in [-0.15, -0.1) is 0 Å². The monoisotopic (exact) mass is 252 g/mol. The third-order valence-electron chi connectivity index (χ3n) is 2.17. The lowest BCUT2D eigenvalue weighted by atomic mass is 10.3. The molecule has 0 fully saturated rings. The number of ether oxygens (including phenoxy) is 2. The summed E-state index contributed by atoms with van der Waals surface area (Å²) < 4.78 is 10.5. The number of nitrogens with one attached hydrogen (secondary N) is 1. The van der Waals surface area contributed by atoms with Crippen molar-refractivity contribution in [3.05, 3.63) is 30.3 Å². The van der Waals surface area contributed by atoms with Gasteiger partial charge in [-0.3, -0.25) is 4.79 Å². The fourth-order valence-corrected chi connectivity index (χ4v) is 1.31. The van der Waals surface area contributed by atoms with Crippen molar-refractivity contribution >= 4 is 5.91 Å². The Morgan fingerprint density at radius 1 is 1.17 bits per heavy atom. The van der Waals surface area contributed by atoms with Crippen molar-refractivity contribution in [3.8, 4) is 5.75 Å². The predicted octanol–water partition coefficient (Wildman–Crippen LogP) is 0.547. The average molecular weight is 252 g/mol. The molecule has 5 nitrogen and oxygen atoms in total. The minimum atomic E-state index is -0.0396. The molecule has 0 unspecified atom stereocenters. The maximum atomic E-state index is 11.4. The minimum absolute atomic E-state index is 0.0396. The molecule has 0 atom stereocenters. The highest BCUT2D eigenvalue weighted by Crippen LogP contribution is 2.08. The molecule has 0 aliphatic rings. The number of nitrogens with two attached hydrogens (primary N) is 1. The summed E-state index contributed by atoms with van der Waals surface area (Å²) >= 11 is 0. The summed E-state index contributed by atoms with van der Waals surface area (Å²) in [5.41, 5.74) is 5.26. The first-order valence-electron chi connectivity index (χ1n) is 6.05. The second-order valence-electron chi connectivity index (χ2n) is 3.66. The van der Waals surface area contributed by atoms with Gasteiger partial charge in [0.05, 0.1) is 26.2 Å². The number of rotatable bonds is 9. The van der Waals surface area contributed by atoms with Crippen molar-refractivity contribution in [2.45, 2.75) is 6.42 Å². The number of amides is 1. The van der Waals surface area contributed by atoms with Gasteiger partial charge in [0, 0.05) is 13.1 Å². The highest BCUT2D eigenvalue weighted by atomic mass is 16.5. The van der Waals surface area contributed by atoms with Crippen LogP contribution in [0.2, 0.25) is 0 Å². The normalized spacial score (nSPS) is 10.1. The zero-order chi connectivity index (χ0) is 13.1. The summed E-state index contributed by atoms with van der Waals surface area (Å²) in [6.45, 7) is 2.39. The molecule has 0 aromatic heterocycles. The van der Waals surface area contributed by atoms with Crippen LogP contribution in [0, 0.1) is 0 Å². The molecule has 1 rings (SSSR count). The molecule has 0 heterocycles. The smallest absolute Gasteiger partial charge is 0.223 e.